The molecule has 7 nitrogen and oxygen atoms in total. The number of quaternary nitrogens is 1. The number of carboxylic acids is 1. The van der Waals surface area contributed by atoms with Crippen LogP contribution in [0.5, 0.6) is 0 Å². The van der Waals surface area contributed by atoms with Gasteiger partial charge in [-0.1, -0.05) is 136 Å². The molecular formula is C34H69ClN3O4+. The Morgan fingerprint density at radius 3 is 1.38 bits per heavy atom. The van der Waals surface area contributed by atoms with E-state index in [0.29, 0.717) is 17.4 Å². The molecule has 0 bridgehead atoms. The second kappa shape index (κ2) is 26.1. The summed E-state index contributed by atoms with van der Waals surface area (Å²) >= 11 is 0. The lowest BCUT2D eigenvalue weighted by atomic mass is 9.84. The van der Waals surface area contributed by atoms with E-state index < -0.39 is 17.4 Å². The highest BCUT2D eigenvalue weighted by molar-refractivity contribution is 5.88. The molecule has 0 aromatic heterocycles. The Balaban J connectivity index is 0. The molecule has 0 aliphatic rings. The summed E-state index contributed by atoms with van der Waals surface area (Å²) in [4.78, 5) is 40.1. The van der Waals surface area contributed by atoms with Crippen molar-refractivity contribution in [2.45, 2.75) is 167 Å². The Labute approximate surface area is 265 Å². The van der Waals surface area contributed by atoms with Crippen LogP contribution in [0, 0.1) is 0 Å². The highest BCUT2D eigenvalue weighted by atomic mass is 35.5. The van der Waals surface area contributed by atoms with Gasteiger partial charge in [-0.3, -0.25) is 9.59 Å². The first-order chi connectivity index (χ1) is 19.5. The highest BCUT2D eigenvalue weighted by Crippen LogP contribution is 2.31. The Kier molecular flexibility index (Phi) is 26.6. The number of likely N-dealkylation sites (N-methyl/N-ethyl adjacent to an activating group) is 1. The van der Waals surface area contributed by atoms with E-state index in [4.69, 9.17) is 5.73 Å². The van der Waals surface area contributed by atoms with Crippen molar-refractivity contribution < 1.29 is 24.0 Å². The second-order valence-electron chi connectivity index (χ2n) is 13.4. The molecule has 0 spiro atoms. The van der Waals surface area contributed by atoms with Gasteiger partial charge in [0, 0.05) is 13.0 Å². The summed E-state index contributed by atoms with van der Waals surface area (Å²) in [7, 11) is 5.85. The fourth-order valence-electron chi connectivity index (χ4n) is 5.79. The highest BCUT2D eigenvalue weighted by Gasteiger charge is 2.46. The zero-order valence-corrected chi connectivity index (χ0v) is 29.0. The molecule has 0 aliphatic heterocycles. The molecule has 3 N–H and O–H groups in total. The van der Waals surface area contributed by atoms with Gasteiger partial charge in [0.1, 0.15) is 5.54 Å². The Morgan fingerprint density at radius 2 is 1.02 bits per heavy atom. The predicted molar refractivity (Wildman–Crippen MR) is 179 cm³/mol. The van der Waals surface area contributed by atoms with E-state index in [1.54, 1.807) is 4.90 Å². The topological polar surface area (TPSA) is 101 Å². The van der Waals surface area contributed by atoms with Crippen LogP contribution in [0.25, 0.3) is 0 Å². The van der Waals surface area contributed by atoms with Crippen LogP contribution >= 0.6 is 12.4 Å². The summed E-state index contributed by atoms with van der Waals surface area (Å²) in [6.07, 6.45) is 23.8. The van der Waals surface area contributed by atoms with Crippen LogP contribution in [0.1, 0.15) is 162 Å². The first kappa shape index (κ1) is 42.8. The summed E-state index contributed by atoms with van der Waals surface area (Å²) in [6, 6.07) is 0. The minimum Gasteiger partial charge on any atom is -0.479 e. The number of halogens is 1. The van der Waals surface area contributed by atoms with E-state index in [1.165, 1.54) is 83.5 Å². The Bertz CT molecular complexity index is 699. The lowest BCUT2D eigenvalue weighted by Gasteiger charge is -2.42. The van der Waals surface area contributed by atoms with Crippen LogP contribution in [-0.4, -0.2) is 72.0 Å². The molecule has 0 aromatic carbocycles. The Morgan fingerprint density at radius 1 is 0.643 bits per heavy atom. The van der Waals surface area contributed by atoms with Crippen LogP contribution in [0.15, 0.2) is 0 Å². The molecule has 0 aromatic rings. The molecule has 0 saturated heterocycles. The maximum atomic E-state index is 13.7. The number of rotatable bonds is 29. The third-order valence-electron chi connectivity index (χ3n) is 8.29. The van der Waals surface area contributed by atoms with Crippen LogP contribution in [-0.2, 0) is 14.4 Å². The van der Waals surface area contributed by atoms with Gasteiger partial charge in [0.25, 0.3) is 5.91 Å². The monoisotopic (exact) mass is 618 g/mol. The molecule has 42 heavy (non-hydrogen) atoms. The average Bonchev–Trinajstić information content (AvgIpc) is 2.89. The number of carbonyl (C=O) groups excluding carboxylic acids is 2. The first-order valence-corrected chi connectivity index (χ1v) is 17.1. The van der Waals surface area contributed by atoms with Gasteiger partial charge in [0.15, 0.2) is 6.54 Å². The second-order valence-corrected chi connectivity index (χ2v) is 13.4. The van der Waals surface area contributed by atoms with Crippen molar-refractivity contribution in [3.63, 3.8) is 0 Å². The maximum absolute atomic E-state index is 13.7. The smallest absolute Gasteiger partial charge is 0.329 e. The van der Waals surface area contributed by atoms with Crippen LogP contribution in [0.4, 0.5) is 0 Å². The first-order valence-electron chi connectivity index (χ1n) is 17.1. The summed E-state index contributed by atoms with van der Waals surface area (Å²) in [6.45, 7) is 5.10. The van der Waals surface area contributed by atoms with Crippen molar-refractivity contribution in [3.05, 3.63) is 0 Å². The lowest BCUT2D eigenvalue weighted by molar-refractivity contribution is -0.862. The average molecular weight is 619 g/mol. The normalized spacial score (nSPS) is 12.9. The summed E-state index contributed by atoms with van der Waals surface area (Å²) < 4.78 is 0.428. The molecule has 8 heteroatoms. The number of nitrogens with two attached hydrogens (primary N) is 1. The van der Waals surface area contributed by atoms with Crippen molar-refractivity contribution in [1.29, 1.82) is 0 Å². The number of amides is 2. The van der Waals surface area contributed by atoms with Gasteiger partial charge in [-0.05, 0) is 19.3 Å². The number of unbranched alkanes of at least 4 members (excludes halogenated alkanes) is 18. The molecule has 0 unspecified atom stereocenters. The fourth-order valence-corrected chi connectivity index (χ4v) is 5.79. The molecule has 1 atom stereocenters. The standard InChI is InChI=1S/C34H67N3O4.ClH/c1-6-8-10-12-14-16-18-20-22-24-27-34(33(40)41,28-26-31(35)38)36(32(39)30-37(3,4)5)29-25-23-21-19-17-15-13-11-9-7-2;/h6-30H2,1-5H3,(H2-,35,38,40,41);1H/p+1/t34-;/m1./s1. The Hall–Kier alpha value is -1.34. The molecule has 0 saturated carbocycles. The molecule has 250 valence electrons. The van der Waals surface area contributed by atoms with Gasteiger partial charge in [-0.25, -0.2) is 4.79 Å². The van der Waals surface area contributed by atoms with Gasteiger partial charge in [0.05, 0.1) is 21.1 Å². The van der Waals surface area contributed by atoms with Crippen molar-refractivity contribution >= 4 is 30.2 Å². The quantitative estimate of drug-likeness (QED) is 0.0650. The fraction of sp³-hybridized carbons (Fsp3) is 0.912. The van der Waals surface area contributed by atoms with Crippen LogP contribution in [0.3, 0.4) is 0 Å². The molecular weight excluding hydrogens is 550 g/mol. The van der Waals surface area contributed by atoms with Crippen molar-refractivity contribution in [2.24, 2.45) is 5.73 Å². The number of primary amides is 1. The molecule has 0 radical (unpaired) electrons. The van der Waals surface area contributed by atoms with E-state index in [-0.39, 0.29) is 37.7 Å². The van der Waals surface area contributed by atoms with E-state index in [1.807, 2.05) is 21.1 Å². The predicted octanol–water partition coefficient (Wildman–Crippen LogP) is 8.26. The van der Waals surface area contributed by atoms with Gasteiger partial charge in [0.2, 0.25) is 5.91 Å². The van der Waals surface area contributed by atoms with Crippen molar-refractivity contribution in [2.75, 3.05) is 34.2 Å². The number of carbonyl (C=O) groups is 3. The zero-order valence-electron chi connectivity index (χ0n) is 28.2. The molecule has 0 fully saturated rings. The molecule has 2 amide bonds. The lowest BCUT2D eigenvalue weighted by Crippen LogP contribution is -2.60. The van der Waals surface area contributed by atoms with Gasteiger partial charge < -0.3 is 20.2 Å². The van der Waals surface area contributed by atoms with Gasteiger partial charge >= 0.3 is 5.97 Å². The van der Waals surface area contributed by atoms with E-state index in [0.717, 1.165) is 44.9 Å². The number of carboxylic acid groups (broad SMARTS) is 1. The van der Waals surface area contributed by atoms with E-state index >= 15 is 0 Å². The van der Waals surface area contributed by atoms with Crippen molar-refractivity contribution in [1.82, 2.24) is 4.90 Å². The number of aliphatic carboxylic acids is 1. The summed E-state index contributed by atoms with van der Waals surface area (Å²) in [5.74, 6) is -1.67. The minimum atomic E-state index is -1.39. The van der Waals surface area contributed by atoms with Crippen LogP contribution < -0.4 is 5.73 Å². The molecule has 0 aliphatic carbocycles. The molecule has 0 heterocycles. The third kappa shape index (κ3) is 21.4. The van der Waals surface area contributed by atoms with Crippen molar-refractivity contribution in [3.8, 4) is 0 Å². The number of nitrogens with zero attached hydrogens (tertiary/aromatic N) is 2. The SMILES string of the molecule is CCCCCCCCCCCCN(C(=O)C[N+](C)(C)C)[C@](CCCCCCCCCCCC)(CCC(N)=O)C(=O)O.Cl. The summed E-state index contributed by atoms with van der Waals surface area (Å²) in [5.41, 5.74) is 4.11. The van der Waals surface area contributed by atoms with Gasteiger partial charge in [-0.2, -0.15) is 0 Å². The van der Waals surface area contributed by atoms with Crippen LogP contribution in [0.2, 0.25) is 0 Å². The van der Waals surface area contributed by atoms with E-state index in [9.17, 15) is 19.5 Å². The molecule has 0 rings (SSSR count). The minimum absolute atomic E-state index is 0. The van der Waals surface area contributed by atoms with E-state index in [2.05, 4.69) is 13.8 Å². The zero-order chi connectivity index (χ0) is 31.0. The summed E-state index contributed by atoms with van der Waals surface area (Å²) in [5, 5.41) is 10.6. The van der Waals surface area contributed by atoms with Gasteiger partial charge in [-0.15, -0.1) is 12.4 Å². The third-order valence-corrected chi connectivity index (χ3v) is 8.29. The largest absolute Gasteiger partial charge is 0.479 e. The maximum Gasteiger partial charge on any atom is 0.329 e. The number of hydrogen-bond acceptors (Lipinski definition) is 3. The number of hydrogen-bond donors (Lipinski definition) is 2.